The van der Waals surface area contributed by atoms with Crippen molar-refractivity contribution in [3.63, 3.8) is 0 Å². The molecule has 2 aromatic carbocycles. The topological polar surface area (TPSA) is 51.2 Å². The Morgan fingerprint density at radius 2 is 1.88 bits per heavy atom. The molecule has 4 nitrogen and oxygen atoms in total. The minimum absolute atomic E-state index is 0.0119. The van der Waals surface area contributed by atoms with Gasteiger partial charge in [0.05, 0.1) is 7.11 Å². The molecule has 0 unspecified atom stereocenters. The lowest BCUT2D eigenvalue weighted by molar-refractivity contribution is -0.118. The highest BCUT2D eigenvalue weighted by molar-refractivity contribution is 5.91. The minimum atomic E-state index is -0.0119. The number of hydrogen-bond acceptors (Lipinski definition) is 3. The zero-order valence-electron chi connectivity index (χ0n) is 13.9. The van der Waals surface area contributed by atoms with Crippen molar-refractivity contribution < 1.29 is 9.53 Å². The first-order valence-corrected chi connectivity index (χ1v) is 7.93. The number of methoxy groups -OCH3 is 1. The molecule has 3 aromatic rings. The van der Waals surface area contributed by atoms with Crippen LogP contribution in [0.25, 0.3) is 21.9 Å². The van der Waals surface area contributed by atoms with Crippen LogP contribution < -0.4 is 10.1 Å². The first kappa shape index (κ1) is 16.0. The third-order valence-electron chi connectivity index (χ3n) is 4.03. The number of benzene rings is 2. The van der Waals surface area contributed by atoms with Crippen molar-refractivity contribution in [1.29, 1.82) is 0 Å². The molecule has 1 aromatic heterocycles. The van der Waals surface area contributed by atoms with Crippen LogP contribution in [0.1, 0.15) is 12.5 Å². The van der Waals surface area contributed by atoms with E-state index in [1.165, 1.54) is 12.5 Å². The Balaban J connectivity index is 2.07. The molecule has 0 fully saturated rings. The van der Waals surface area contributed by atoms with E-state index in [2.05, 4.69) is 34.6 Å². The molecule has 1 amide bonds. The van der Waals surface area contributed by atoms with E-state index in [4.69, 9.17) is 4.74 Å². The lowest BCUT2D eigenvalue weighted by Crippen LogP contribution is -2.22. The van der Waals surface area contributed by atoms with Crippen LogP contribution in [0.4, 0.5) is 0 Å². The van der Waals surface area contributed by atoms with Crippen molar-refractivity contribution in [1.82, 2.24) is 10.3 Å². The Hall–Kier alpha value is -2.88. The van der Waals surface area contributed by atoms with Gasteiger partial charge in [-0.2, -0.15) is 0 Å². The Bertz CT molecular complexity index is 860. The van der Waals surface area contributed by atoms with E-state index in [-0.39, 0.29) is 5.91 Å². The van der Waals surface area contributed by atoms with Gasteiger partial charge in [-0.25, -0.2) is 0 Å². The largest absolute Gasteiger partial charge is 0.497 e. The zero-order valence-corrected chi connectivity index (χ0v) is 13.9. The number of nitrogens with zero attached hydrogens (tertiary/aromatic N) is 1. The molecule has 1 heterocycles. The summed E-state index contributed by atoms with van der Waals surface area (Å²) in [6.45, 7) is 2.15. The zero-order chi connectivity index (χ0) is 16.9. The molecule has 0 aliphatic heterocycles. The van der Waals surface area contributed by atoms with Gasteiger partial charge < -0.3 is 10.1 Å². The molecule has 4 heteroatoms. The van der Waals surface area contributed by atoms with Gasteiger partial charge in [-0.3, -0.25) is 9.78 Å². The summed E-state index contributed by atoms with van der Waals surface area (Å²) in [6, 6.07) is 14.4. The summed E-state index contributed by atoms with van der Waals surface area (Å²) in [5, 5.41) is 5.17. The molecule has 0 aliphatic carbocycles. The summed E-state index contributed by atoms with van der Waals surface area (Å²) in [5.41, 5.74) is 3.46. The number of carbonyl (C=O) groups excluding carboxylic acids is 1. The monoisotopic (exact) mass is 320 g/mol. The number of nitrogens with one attached hydrogen (secondary N) is 1. The number of aromatic nitrogens is 1. The van der Waals surface area contributed by atoms with Crippen molar-refractivity contribution in [3.8, 4) is 16.9 Å². The smallest absolute Gasteiger partial charge is 0.216 e. The van der Waals surface area contributed by atoms with Gasteiger partial charge >= 0.3 is 0 Å². The van der Waals surface area contributed by atoms with Crippen LogP contribution in [0.5, 0.6) is 5.75 Å². The minimum Gasteiger partial charge on any atom is -0.497 e. The van der Waals surface area contributed by atoms with Crippen LogP contribution in [-0.4, -0.2) is 24.5 Å². The van der Waals surface area contributed by atoms with Gasteiger partial charge in [0.15, 0.2) is 0 Å². The second-order valence-corrected chi connectivity index (χ2v) is 5.69. The molecule has 0 saturated heterocycles. The number of carbonyl (C=O) groups is 1. The normalized spacial score (nSPS) is 10.6. The highest BCUT2D eigenvalue weighted by atomic mass is 16.5. The Kier molecular flexibility index (Phi) is 4.75. The molecule has 0 bridgehead atoms. The molecule has 0 spiro atoms. The molecule has 3 rings (SSSR count). The van der Waals surface area contributed by atoms with Crippen LogP contribution in [0.15, 0.2) is 54.9 Å². The van der Waals surface area contributed by atoms with Gasteiger partial charge in [-0.15, -0.1) is 0 Å². The maximum absolute atomic E-state index is 11.1. The second kappa shape index (κ2) is 7.13. The molecule has 122 valence electrons. The fraction of sp³-hybridized carbons (Fsp3) is 0.200. The summed E-state index contributed by atoms with van der Waals surface area (Å²) in [6.07, 6.45) is 4.36. The average molecular weight is 320 g/mol. The van der Waals surface area contributed by atoms with E-state index in [1.54, 1.807) is 19.5 Å². The highest BCUT2D eigenvalue weighted by Gasteiger charge is 2.08. The summed E-state index contributed by atoms with van der Waals surface area (Å²) in [5.74, 6) is 0.821. The third-order valence-corrected chi connectivity index (χ3v) is 4.03. The molecule has 0 atom stereocenters. The molecule has 0 saturated carbocycles. The fourth-order valence-electron chi connectivity index (χ4n) is 2.83. The number of hydrogen-bond donors (Lipinski definition) is 1. The number of fused-ring (bicyclic) bond motifs is 1. The van der Waals surface area contributed by atoms with Gasteiger partial charge in [-0.1, -0.05) is 12.1 Å². The molecule has 0 aliphatic rings. The maximum atomic E-state index is 11.1. The molecular formula is C20H20N2O2. The van der Waals surface area contributed by atoms with Crippen LogP contribution in [0.2, 0.25) is 0 Å². The standard InChI is InChI=1S/C20H20N2O2/c1-14(23)22-10-7-17-12-18(15-5-8-21-9-6-15)11-16-3-4-19(24-2)13-20(16)17/h3-6,8-9,11-13H,7,10H2,1-2H3,(H,22,23). The van der Waals surface area contributed by atoms with Crippen molar-refractivity contribution in [2.24, 2.45) is 0 Å². The third kappa shape index (κ3) is 3.54. The number of amides is 1. The van der Waals surface area contributed by atoms with Gasteiger partial charge in [-0.05, 0) is 64.2 Å². The lowest BCUT2D eigenvalue weighted by Gasteiger charge is -2.12. The predicted molar refractivity (Wildman–Crippen MR) is 96.1 cm³/mol. The van der Waals surface area contributed by atoms with Crippen molar-refractivity contribution in [2.45, 2.75) is 13.3 Å². The second-order valence-electron chi connectivity index (χ2n) is 5.69. The summed E-state index contributed by atoms with van der Waals surface area (Å²) >= 11 is 0. The van der Waals surface area contributed by atoms with Crippen molar-refractivity contribution in [2.75, 3.05) is 13.7 Å². The maximum Gasteiger partial charge on any atom is 0.216 e. The Morgan fingerprint density at radius 1 is 1.08 bits per heavy atom. The number of pyridine rings is 1. The number of rotatable bonds is 5. The van der Waals surface area contributed by atoms with E-state index < -0.39 is 0 Å². The summed E-state index contributed by atoms with van der Waals surface area (Å²) < 4.78 is 5.36. The van der Waals surface area contributed by atoms with Crippen molar-refractivity contribution >= 4 is 16.7 Å². The Morgan fingerprint density at radius 3 is 2.58 bits per heavy atom. The molecule has 1 N–H and O–H groups in total. The van der Waals surface area contributed by atoms with E-state index in [1.807, 2.05) is 18.2 Å². The molecular weight excluding hydrogens is 300 g/mol. The first-order valence-electron chi connectivity index (χ1n) is 7.93. The van der Waals surface area contributed by atoms with Gasteiger partial charge in [0.1, 0.15) is 5.75 Å². The van der Waals surface area contributed by atoms with Crippen molar-refractivity contribution in [3.05, 3.63) is 60.4 Å². The molecule has 24 heavy (non-hydrogen) atoms. The first-order chi connectivity index (χ1) is 11.7. The average Bonchev–Trinajstić information content (AvgIpc) is 2.61. The van der Waals surface area contributed by atoms with E-state index in [9.17, 15) is 4.79 Å². The van der Waals surface area contributed by atoms with Crippen LogP contribution in [-0.2, 0) is 11.2 Å². The van der Waals surface area contributed by atoms with Gasteiger partial charge in [0, 0.05) is 25.9 Å². The fourth-order valence-corrected chi connectivity index (χ4v) is 2.83. The lowest BCUT2D eigenvalue weighted by atomic mass is 9.95. The van der Waals surface area contributed by atoms with Gasteiger partial charge in [0.2, 0.25) is 5.91 Å². The van der Waals surface area contributed by atoms with E-state index >= 15 is 0 Å². The molecule has 0 radical (unpaired) electrons. The SMILES string of the molecule is COc1ccc2cc(-c3ccncc3)cc(CCNC(C)=O)c2c1. The van der Waals surface area contributed by atoms with Crippen LogP contribution >= 0.6 is 0 Å². The van der Waals surface area contributed by atoms with E-state index in [0.717, 1.165) is 34.1 Å². The highest BCUT2D eigenvalue weighted by Crippen LogP contribution is 2.30. The summed E-state index contributed by atoms with van der Waals surface area (Å²) in [7, 11) is 1.67. The summed E-state index contributed by atoms with van der Waals surface area (Å²) in [4.78, 5) is 15.2. The predicted octanol–water partition coefficient (Wildman–Crippen LogP) is 3.59. The Labute approximate surface area is 141 Å². The van der Waals surface area contributed by atoms with Gasteiger partial charge in [0.25, 0.3) is 0 Å². The van der Waals surface area contributed by atoms with Crippen LogP contribution in [0, 0.1) is 0 Å². The van der Waals surface area contributed by atoms with E-state index in [0.29, 0.717) is 6.54 Å². The quantitative estimate of drug-likeness (QED) is 0.781. The van der Waals surface area contributed by atoms with Crippen LogP contribution in [0.3, 0.4) is 0 Å². The number of ether oxygens (including phenoxy) is 1.